The van der Waals surface area contributed by atoms with Gasteiger partial charge in [-0.15, -0.1) is 0 Å². The van der Waals surface area contributed by atoms with Crippen LogP contribution in [-0.4, -0.2) is 80.8 Å². The summed E-state index contributed by atoms with van der Waals surface area (Å²) in [6.45, 7) is 2.24. The molecule has 7 rings (SSSR count). The average Bonchev–Trinajstić information content (AvgIpc) is 3.30. The number of carbonyl (C=O) groups is 1. The number of fused-ring (bicyclic) bond motifs is 1. The Balaban J connectivity index is 1.57. The second kappa shape index (κ2) is 5.65. The molecule has 2 heterocycles. The number of hydrogen-bond acceptors (Lipinski definition) is 7. The maximum Gasteiger partial charge on any atom is 0.226 e. The summed E-state index contributed by atoms with van der Waals surface area (Å²) >= 11 is 0. The van der Waals surface area contributed by atoms with Gasteiger partial charge in [0.15, 0.2) is 0 Å². The molecule has 0 aromatic rings. The third-order valence-electron chi connectivity index (χ3n) is 11.2. The minimum atomic E-state index is -0.866. The number of ether oxygens (including phenoxy) is 5. The Labute approximate surface area is 182 Å². The van der Waals surface area contributed by atoms with Crippen molar-refractivity contribution in [1.29, 1.82) is 0 Å². The zero-order valence-corrected chi connectivity index (χ0v) is 18.6. The van der Waals surface area contributed by atoms with Crippen LogP contribution in [0.1, 0.15) is 32.6 Å². The SMILES string of the molecule is CO[C@H]1C[C@]23OCO[C@@]24C2NC(=O)[C@@]5(C)CC[C@H](OC)[C@@]2(C2C[C@H]1[C@H](O)C23)C5[C@@H]4OC. The molecule has 8 heteroatoms. The van der Waals surface area contributed by atoms with E-state index < -0.39 is 22.7 Å². The van der Waals surface area contributed by atoms with Crippen LogP contribution in [0.15, 0.2) is 0 Å². The maximum atomic E-state index is 13.6. The Hall–Kier alpha value is -0.770. The lowest BCUT2D eigenvalue weighted by Crippen LogP contribution is -2.81. The Morgan fingerprint density at radius 1 is 1.16 bits per heavy atom. The number of piperidine rings is 1. The molecule has 7 aliphatic rings. The first-order valence-electron chi connectivity index (χ1n) is 11.7. The number of aliphatic hydroxyl groups is 1. The number of rotatable bonds is 3. The molecule has 4 unspecified atom stereocenters. The highest BCUT2D eigenvalue weighted by molar-refractivity contribution is 5.86. The summed E-state index contributed by atoms with van der Waals surface area (Å²) in [4.78, 5) is 13.6. The first kappa shape index (κ1) is 19.7. The molecule has 31 heavy (non-hydrogen) atoms. The Morgan fingerprint density at radius 2 is 1.97 bits per heavy atom. The quantitative estimate of drug-likeness (QED) is 0.665. The van der Waals surface area contributed by atoms with E-state index in [1.165, 1.54) is 0 Å². The molecule has 2 saturated heterocycles. The van der Waals surface area contributed by atoms with E-state index >= 15 is 0 Å². The highest BCUT2D eigenvalue weighted by Gasteiger charge is 2.93. The van der Waals surface area contributed by atoms with E-state index in [4.69, 9.17) is 23.7 Å². The molecule has 7 fully saturated rings. The third-order valence-corrected chi connectivity index (χ3v) is 11.2. The van der Waals surface area contributed by atoms with Gasteiger partial charge in [-0.2, -0.15) is 0 Å². The van der Waals surface area contributed by atoms with E-state index in [0.29, 0.717) is 6.42 Å². The fourth-order valence-electron chi connectivity index (χ4n) is 10.5. The lowest BCUT2D eigenvalue weighted by Gasteiger charge is -2.66. The maximum absolute atomic E-state index is 13.6. The van der Waals surface area contributed by atoms with Crippen LogP contribution >= 0.6 is 0 Å². The van der Waals surface area contributed by atoms with Crippen molar-refractivity contribution in [3.05, 3.63) is 0 Å². The fourth-order valence-corrected chi connectivity index (χ4v) is 10.5. The van der Waals surface area contributed by atoms with Gasteiger partial charge in [-0.05, 0) is 25.2 Å². The Bertz CT molecular complexity index is 854. The molecule has 3 spiro atoms. The summed E-state index contributed by atoms with van der Waals surface area (Å²) in [6.07, 6.45) is 2.07. The van der Waals surface area contributed by atoms with Crippen molar-refractivity contribution in [2.45, 2.75) is 74.3 Å². The fraction of sp³-hybridized carbons (Fsp3) is 0.957. The third kappa shape index (κ3) is 1.63. The Kier molecular flexibility index (Phi) is 3.58. The summed E-state index contributed by atoms with van der Waals surface area (Å²) in [5, 5.41) is 15.1. The molecule has 5 aliphatic carbocycles. The first-order chi connectivity index (χ1) is 14.9. The zero-order chi connectivity index (χ0) is 21.6. The molecule has 0 aromatic heterocycles. The molecule has 5 saturated carbocycles. The number of methoxy groups -OCH3 is 3. The van der Waals surface area contributed by atoms with Crippen LogP contribution in [0, 0.1) is 34.5 Å². The van der Waals surface area contributed by atoms with E-state index in [2.05, 4.69) is 12.2 Å². The molecule has 2 aliphatic heterocycles. The zero-order valence-electron chi connectivity index (χ0n) is 18.6. The summed E-state index contributed by atoms with van der Waals surface area (Å²) < 4.78 is 31.7. The van der Waals surface area contributed by atoms with Crippen molar-refractivity contribution in [3.8, 4) is 0 Å². The molecule has 0 radical (unpaired) electrons. The number of hydrogen-bond donors (Lipinski definition) is 2. The van der Waals surface area contributed by atoms with Gasteiger partial charge in [-0.1, -0.05) is 6.92 Å². The minimum Gasteiger partial charge on any atom is -0.392 e. The van der Waals surface area contributed by atoms with Gasteiger partial charge in [0, 0.05) is 50.9 Å². The second-order valence-electron chi connectivity index (χ2n) is 11.3. The molecule has 2 N–H and O–H groups in total. The monoisotopic (exact) mass is 435 g/mol. The van der Waals surface area contributed by atoms with E-state index in [1.54, 1.807) is 21.3 Å². The van der Waals surface area contributed by atoms with Crippen LogP contribution in [0.5, 0.6) is 0 Å². The first-order valence-corrected chi connectivity index (χ1v) is 11.7. The molecular weight excluding hydrogens is 402 g/mol. The smallest absolute Gasteiger partial charge is 0.226 e. The van der Waals surface area contributed by atoms with Crippen LogP contribution in [-0.2, 0) is 28.5 Å². The number of aliphatic hydroxyl groups excluding tert-OH is 1. The summed E-state index contributed by atoms with van der Waals surface area (Å²) in [7, 11) is 5.24. The highest BCUT2D eigenvalue weighted by Crippen LogP contribution is 2.81. The van der Waals surface area contributed by atoms with Crippen molar-refractivity contribution < 1.29 is 33.6 Å². The van der Waals surface area contributed by atoms with E-state index in [9.17, 15) is 9.90 Å². The summed E-state index contributed by atoms with van der Waals surface area (Å²) in [5.41, 5.74) is -2.55. The topological polar surface area (TPSA) is 95.5 Å². The number of carbonyl (C=O) groups excluding carboxylic acids is 1. The normalized spacial score (nSPS) is 64.9. The standard InChI is InChI=1S/C23H33NO7/c1-20-6-5-13(28-3)22-11-7-10-12(27-2)8-21(14(11)15(10)25)23(31-9-30-21,17(29-4)16(20)22)18(22)24-19(20)26/h10-18,25H,5-9H2,1-4H3,(H,24,26)/t10-,11?,12+,13+,14?,15+,16?,17+,18?,20+,21-,22+,23+/m1/s1. The largest absolute Gasteiger partial charge is 0.392 e. The van der Waals surface area contributed by atoms with Gasteiger partial charge >= 0.3 is 0 Å². The highest BCUT2D eigenvalue weighted by atomic mass is 16.7. The molecule has 0 aromatic carbocycles. The number of nitrogens with one attached hydrogen (secondary N) is 1. The summed E-state index contributed by atoms with van der Waals surface area (Å²) in [6, 6.07) is -0.272. The van der Waals surface area contributed by atoms with Crippen molar-refractivity contribution in [2.75, 3.05) is 28.1 Å². The van der Waals surface area contributed by atoms with Gasteiger partial charge in [0.1, 0.15) is 18.0 Å². The second-order valence-corrected chi connectivity index (χ2v) is 11.3. The molecule has 13 atom stereocenters. The average molecular weight is 436 g/mol. The van der Waals surface area contributed by atoms with Crippen LogP contribution in [0.25, 0.3) is 0 Å². The van der Waals surface area contributed by atoms with Gasteiger partial charge < -0.3 is 34.1 Å². The van der Waals surface area contributed by atoms with Crippen LogP contribution in [0.4, 0.5) is 0 Å². The van der Waals surface area contributed by atoms with E-state index in [0.717, 1.165) is 19.3 Å². The predicted octanol–water partition coefficient (Wildman–Crippen LogP) is 0.459. The molecular formula is C23H33NO7. The Morgan fingerprint density at radius 3 is 2.68 bits per heavy atom. The van der Waals surface area contributed by atoms with Gasteiger partial charge in [-0.3, -0.25) is 4.79 Å². The van der Waals surface area contributed by atoms with Crippen molar-refractivity contribution in [1.82, 2.24) is 5.32 Å². The summed E-state index contributed by atoms with van der Waals surface area (Å²) in [5.74, 6) is 0.155. The van der Waals surface area contributed by atoms with Crippen molar-refractivity contribution in [3.63, 3.8) is 0 Å². The molecule has 1 amide bonds. The van der Waals surface area contributed by atoms with Gasteiger partial charge in [-0.25, -0.2) is 0 Å². The number of amides is 1. The molecule has 8 nitrogen and oxygen atoms in total. The minimum absolute atomic E-state index is 0.0343. The van der Waals surface area contributed by atoms with Crippen molar-refractivity contribution >= 4 is 5.91 Å². The van der Waals surface area contributed by atoms with Gasteiger partial charge in [0.05, 0.1) is 35.9 Å². The van der Waals surface area contributed by atoms with Gasteiger partial charge in [0.2, 0.25) is 5.91 Å². The van der Waals surface area contributed by atoms with Crippen LogP contribution in [0.2, 0.25) is 0 Å². The molecule has 172 valence electrons. The van der Waals surface area contributed by atoms with E-state index in [-0.39, 0.29) is 66.1 Å². The van der Waals surface area contributed by atoms with E-state index in [1.807, 2.05) is 0 Å². The molecule has 7 bridgehead atoms. The van der Waals surface area contributed by atoms with Gasteiger partial charge in [0.25, 0.3) is 0 Å². The lowest BCUT2D eigenvalue weighted by atomic mass is 9.43. The van der Waals surface area contributed by atoms with Crippen LogP contribution in [0.3, 0.4) is 0 Å². The lowest BCUT2D eigenvalue weighted by molar-refractivity contribution is -0.253. The van der Waals surface area contributed by atoms with Crippen molar-refractivity contribution in [2.24, 2.45) is 34.5 Å². The van der Waals surface area contributed by atoms with Crippen LogP contribution < -0.4 is 5.32 Å². The predicted molar refractivity (Wildman–Crippen MR) is 106 cm³/mol.